The molecule has 0 bridgehead atoms. The number of nitrogens with zero attached hydrogens (tertiary/aromatic N) is 1. The molecule has 0 radical (unpaired) electrons. The van der Waals surface area contributed by atoms with Crippen LogP contribution in [-0.4, -0.2) is 10.9 Å². The first kappa shape index (κ1) is 12.6. The van der Waals surface area contributed by atoms with Crippen molar-refractivity contribution in [2.24, 2.45) is 0 Å². The van der Waals surface area contributed by atoms with E-state index >= 15 is 0 Å². The second kappa shape index (κ2) is 5.67. The van der Waals surface area contributed by atoms with E-state index < -0.39 is 0 Å². The molecule has 0 aliphatic rings. The third kappa shape index (κ3) is 2.75. The summed E-state index contributed by atoms with van der Waals surface area (Å²) >= 11 is 1.35. The van der Waals surface area contributed by atoms with Crippen LogP contribution in [0.3, 0.4) is 0 Å². The van der Waals surface area contributed by atoms with Crippen molar-refractivity contribution in [1.29, 1.82) is 0 Å². The molecule has 2 aromatic carbocycles. The minimum atomic E-state index is -0.177. The molecule has 0 saturated heterocycles. The molecule has 1 aromatic heterocycles. The van der Waals surface area contributed by atoms with Crippen molar-refractivity contribution in [1.82, 2.24) is 4.98 Å². The van der Waals surface area contributed by atoms with Crippen LogP contribution < -0.4 is 5.32 Å². The van der Waals surface area contributed by atoms with Crippen LogP contribution in [0.2, 0.25) is 0 Å². The first-order valence-corrected chi connectivity index (χ1v) is 7.08. The Kier molecular flexibility index (Phi) is 3.56. The fourth-order valence-electron chi connectivity index (χ4n) is 1.83. The minimum absolute atomic E-state index is 0.177. The number of hydrogen-bond acceptors (Lipinski definition) is 3. The van der Waals surface area contributed by atoms with Gasteiger partial charge in [-0.2, -0.15) is 0 Å². The Bertz CT molecular complexity index is 708. The lowest BCUT2D eigenvalue weighted by Crippen LogP contribution is -2.11. The standard InChI is InChI=1S/C16H12N2OS/c19-15(17-13-9-5-2-6-10-13)16-18-14(11-20-16)12-7-3-1-4-8-12/h1-11H,(H,17,19). The summed E-state index contributed by atoms with van der Waals surface area (Å²) in [5, 5.41) is 5.20. The molecule has 3 aromatic rings. The second-order valence-electron chi connectivity index (χ2n) is 4.22. The maximum absolute atomic E-state index is 12.1. The Balaban J connectivity index is 1.79. The number of amides is 1. The third-order valence-electron chi connectivity index (χ3n) is 2.80. The van der Waals surface area contributed by atoms with E-state index in [4.69, 9.17) is 0 Å². The van der Waals surface area contributed by atoms with Crippen molar-refractivity contribution < 1.29 is 4.79 Å². The molecule has 0 spiro atoms. The van der Waals surface area contributed by atoms with Crippen molar-refractivity contribution in [2.45, 2.75) is 0 Å². The first-order valence-electron chi connectivity index (χ1n) is 6.20. The number of benzene rings is 2. The van der Waals surface area contributed by atoms with Crippen LogP contribution in [0, 0.1) is 0 Å². The maximum atomic E-state index is 12.1. The lowest BCUT2D eigenvalue weighted by atomic mass is 10.2. The Labute approximate surface area is 120 Å². The van der Waals surface area contributed by atoms with Crippen molar-refractivity contribution in [2.75, 3.05) is 5.32 Å². The summed E-state index contributed by atoms with van der Waals surface area (Å²) in [6, 6.07) is 19.2. The molecule has 0 unspecified atom stereocenters. The van der Waals surface area contributed by atoms with Gasteiger partial charge in [-0.15, -0.1) is 11.3 Å². The first-order chi connectivity index (χ1) is 9.83. The van der Waals surface area contributed by atoms with Crippen molar-refractivity contribution in [3.8, 4) is 11.3 Å². The van der Waals surface area contributed by atoms with Crippen molar-refractivity contribution in [3.05, 3.63) is 71.1 Å². The van der Waals surface area contributed by atoms with Gasteiger partial charge in [0.1, 0.15) is 0 Å². The highest BCUT2D eigenvalue weighted by atomic mass is 32.1. The van der Waals surface area contributed by atoms with Crippen LogP contribution in [0.15, 0.2) is 66.0 Å². The number of anilines is 1. The number of carbonyl (C=O) groups excluding carboxylic acids is 1. The summed E-state index contributed by atoms with van der Waals surface area (Å²) in [6.07, 6.45) is 0. The van der Waals surface area contributed by atoms with Gasteiger partial charge in [-0.3, -0.25) is 4.79 Å². The van der Waals surface area contributed by atoms with E-state index in [0.29, 0.717) is 5.01 Å². The van der Waals surface area contributed by atoms with Gasteiger partial charge in [-0.05, 0) is 12.1 Å². The van der Waals surface area contributed by atoms with Crippen LogP contribution in [0.1, 0.15) is 9.80 Å². The molecule has 20 heavy (non-hydrogen) atoms. The van der Waals surface area contributed by atoms with Crippen LogP contribution in [0.25, 0.3) is 11.3 Å². The van der Waals surface area contributed by atoms with Gasteiger partial charge < -0.3 is 5.32 Å². The Morgan fingerprint density at radius 3 is 2.30 bits per heavy atom. The Morgan fingerprint density at radius 1 is 0.950 bits per heavy atom. The number of rotatable bonds is 3. The maximum Gasteiger partial charge on any atom is 0.284 e. The highest BCUT2D eigenvalue weighted by Crippen LogP contribution is 2.22. The van der Waals surface area contributed by atoms with E-state index in [1.165, 1.54) is 11.3 Å². The zero-order valence-corrected chi connectivity index (χ0v) is 11.4. The monoisotopic (exact) mass is 280 g/mol. The Morgan fingerprint density at radius 2 is 1.60 bits per heavy atom. The number of carbonyl (C=O) groups is 1. The second-order valence-corrected chi connectivity index (χ2v) is 5.08. The molecule has 0 aliphatic carbocycles. The molecule has 0 saturated carbocycles. The summed E-state index contributed by atoms with van der Waals surface area (Å²) in [4.78, 5) is 16.5. The number of aromatic nitrogens is 1. The molecule has 3 nitrogen and oxygen atoms in total. The number of thiazole rings is 1. The van der Waals surface area contributed by atoms with Gasteiger partial charge in [-0.25, -0.2) is 4.98 Å². The SMILES string of the molecule is O=C(Nc1ccccc1)c1nc(-c2ccccc2)cs1. The minimum Gasteiger partial charge on any atom is -0.320 e. The zero-order chi connectivity index (χ0) is 13.8. The number of nitrogens with one attached hydrogen (secondary N) is 1. The highest BCUT2D eigenvalue weighted by molar-refractivity contribution is 7.12. The van der Waals surface area contributed by atoms with E-state index in [2.05, 4.69) is 10.3 Å². The van der Waals surface area contributed by atoms with Crippen LogP contribution in [-0.2, 0) is 0 Å². The molecule has 4 heteroatoms. The molecule has 98 valence electrons. The molecule has 0 aliphatic heterocycles. The van der Waals surface area contributed by atoms with Gasteiger partial charge in [0.05, 0.1) is 5.69 Å². The number of para-hydroxylation sites is 1. The average Bonchev–Trinajstić information content (AvgIpc) is 2.99. The van der Waals surface area contributed by atoms with Crippen molar-refractivity contribution in [3.63, 3.8) is 0 Å². The largest absolute Gasteiger partial charge is 0.320 e. The van der Waals surface area contributed by atoms with Gasteiger partial charge in [0.25, 0.3) is 5.91 Å². The van der Waals surface area contributed by atoms with Crippen LogP contribution >= 0.6 is 11.3 Å². The summed E-state index contributed by atoms with van der Waals surface area (Å²) in [7, 11) is 0. The summed E-state index contributed by atoms with van der Waals surface area (Å²) < 4.78 is 0. The van der Waals surface area contributed by atoms with Gasteiger partial charge in [-0.1, -0.05) is 48.5 Å². The fourth-order valence-corrected chi connectivity index (χ4v) is 2.55. The highest BCUT2D eigenvalue weighted by Gasteiger charge is 2.12. The van der Waals surface area contributed by atoms with Gasteiger partial charge >= 0.3 is 0 Å². The normalized spacial score (nSPS) is 10.2. The van der Waals surface area contributed by atoms with Crippen LogP contribution in [0.5, 0.6) is 0 Å². The Hall–Kier alpha value is -2.46. The van der Waals surface area contributed by atoms with E-state index in [1.807, 2.05) is 66.0 Å². The fraction of sp³-hybridized carbons (Fsp3) is 0. The molecule has 3 rings (SSSR count). The molecule has 0 fully saturated rings. The predicted molar refractivity (Wildman–Crippen MR) is 81.9 cm³/mol. The molecular formula is C16H12N2OS. The van der Waals surface area contributed by atoms with Gasteiger partial charge in [0, 0.05) is 16.6 Å². The summed E-state index contributed by atoms with van der Waals surface area (Å²) in [6.45, 7) is 0. The van der Waals surface area contributed by atoms with E-state index in [-0.39, 0.29) is 5.91 Å². The lowest BCUT2D eigenvalue weighted by Gasteiger charge is -2.01. The zero-order valence-electron chi connectivity index (χ0n) is 10.6. The molecular weight excluding hydrogens is 268 g/mol. The van der Waals surface area contributed by atoms with Gasteiger partial charge in [0.2, 0.25) is 0 Å². The molecule has 1 amide bonds. The van der Waals surface area contributed by atoms with Crippen molar-refractivity contribution >= 4 is 22.9 Å². The molecule has 1 N–H and O–H groups in total. The smallest absolute Gasteiger partial charge is 0.284 e. The summed E-state index contributed by atoms with van der Waals surface area (Å²) in [5.74, 6) is -0.177. The number of hydrogen-bond donors (Lipinski definition) is 1. The lowest BCUT2D eigenvalue weighted by molar-refractivity contribution is 0.102. The van der Waals surface area contributed by atoms with Gasteiger partial charge in [0.15, 0.2) is 5.01 Å². The molecule has 0 atom stereocenters. The topological polar surface area (TPSA) is 42.0 Å². The third-order valence-corrected chi connectivity index (χ3v) is 3.64. The summed E-state index contributed by atoms with van der Waals surface area (Å²) in [5.41, 5.74) is 2.62. The van der Waals surface area contributed by atoms with E-state index in [0.717, 1.165) is 16.9 Å². The predicted octanol–water partition coefficient (Wildman–Crippen LogP) is 4.06. The quantitative estimate of drug-likeness (QED) is 0.786. The average molecular weight is 280 g/mol. The molecule has 1 heterocycles. The van der Waals surface area contributed by atoms with E-state index in [9.17, 15) is 4.79 Å². The van der Waals surface area contributed by atoms with Crippen LogP contribution in [0.4, 0.5) is 5.69 Å². The van der Waals surface area contributed by atoms with E-state index in [1.54, 1.807) is 0 Å².